The van der Waals surface area contributed by atoms with Crippen LogP contribution in [0.5, 0.6) is 0 Å². The lowest BCUT2D eigenvalue weighted by Gasteiger charge is -2.16. The molecule has 0 aromatic rings. The molecule has 38 heavy (non-hydrogen) atoms. The van der Waals surface area contributed by atoms with Gasteiger partial charge in [0.2, 0.25) is 0 Å². The summed E-state index contributed by atoms with van der Waals surface area (Å²) in [7, 11) is 2.20. The molecule has 4 heteroatoms. The van der Waals surface area contributed by atoms with E-state index in [0.717, 1.165) is 19.4 Å². The second-order valence-corrected chi connectivity index (χ2v) is 11.8. The van der Waals surface area contributed by atoms with Crippen molar-refractivity contribution in [3.8, 4) is 0 Å². The maximum Gasteiger partial charge on any atom is 0.305 e. The highest BCUT2D eigenvalue weighted by molar-refractivity contribution is 5.69. The summed E-state index contributed by atoms with van der Waals surface area (Å²) in [5.74, 6) is 0.00652. The average molecular weight is 541 g/mol. The number of nitrogens with zero attached hydrogens (tertiary/aromatic N) is 1. The van der Waals surface area contributed by atoms with Crippen LogP contribution in [0.3, 0.4) is 0 Å². The summed E-state index contributed by atoms with van der Waals surface area (Å²) in [6.45, 7) is 7.36. The normalized spacial score (nSPS) is 11.2. The van der Waals surface area contributed by atoms with Gasteiger partial charge in [0.05, 0.1) is 6.61 Å². The van der Waals surface area contributed by atoms with Crippen LogP contribution in [0.2, 0.25) is 0 Å². The molecule has 0 aliphatic rings. The Bertz CT molecular complexity index is 444. The first-order valence-electron chi connectivity index (χ1n) is 17.0. The minimum atomic E-state index is 0. The van der Waals surface area contributed by atoms with Crippen LogP contribution in [0.4, 0.5) is 0 Å². The van der Waals surface area contributed by atoms with Crippen LogP contribution >= 0.6 is 0 Å². The molecule has 0 aliphatic carbocycles. The Balaban J connectivity index is 0. The average Bonchev–Trinajstić information content (AvgIpc) is 2.90. The molecule has 0 aliphatic heterocycles. The molecule has 0 unspecified atom stereocenters. The quantitative estimate of drug-likeness (QED) is 0.0701. The highest BCUT2D eigenvalue weighted by Crippen LogP contribution is 2.14. The Morgan fingerprint density at radius 2 is 0.789 bits per heavy atom. The summed E-state index contributed by atoms with van der Waals surface area (Å²) in [6.07, 6.45) is 35.8. The molecule has 0 radical (unpaired) electrons. The van der Waals surface area contributed by atoms with Gasteiger partial charge in [0, 0.05) is 13.0 Å². The van der Waals surface area contributed by atoms with Crippen molar-refractivity contribution in [3.05, 3.63) is 0 Å². The van der Waals surface area contributed by atoms with Crippen molar-refractivity contribution in [1.29, 1.82) is 0 Å². The Labute approximate surface area is 240 Å². The predicted molar refractivity (Wildman–Crippen MR) is 169 cm³/mol. The largest absolute Gasteiger partial charge is 0.466 e. The van der Waals surface area contributed by atoms with Gasteiger partial charge >= 0.3 is 5.97 Å². The third kappa shape index (κ3) is 33.4. The lowest BCUT2D eigenvalue weighted by molar-refractivity contribution is -0.143. The van der Waals surface area contributed by atoms with E-state index in [1.807, 2.05) is 0 Å². The second-order valence-electron chi connectivity index (χ2n) is 11.8. The minimum absolute atomic E-state index is 0. The smallest absolute Gasteiger partial charge is 0.305 e. The fourth-order valence-electron chi connectivity index (χ4n) is 5.21. The van der Waals surface area contributed by atoms with Gasteiger partial charge in [-0.1, -0.05) is 162 Å². The van der Waals surface area contributed by atoms with Crippen molar-refractivity contribution in [2.24, 2.45) is 0 Å². The molecule has 230 valence electrons. The van der Waals surface area contributed by atoms with E-state index in [-0.39, 0.29) is 12.1 Å². The lowest BCUT2D eigenvalue weighted by atomic mass is 10.0. The summed E-state index contributed by atoms with van der Waals surface area (Å²) in [6, 6.07) is 0. The molecule has 0 atom stereocenters. The van der Waals surface area contributed by atoms with E-state index in [1.165, 1.54) is 161 Å². The fraction of sp³-hybridized carbons (Fsp3) is 0.971. The van der Waals surface area contributed by atoms with Gasteiger partial charge in [-0.3, -0.25) is 4.79 Å². The summed E-state index contributed by atoms with van der Waals surface area (Å²) >= 11 is 0. The number of rotatable bonds is 31. The number of carbonyl (C=O) groups is 1. The second kappa shape index (κ2) is 34.4. The lowest BCUT2D eigenvalue weighted by Crippen LogP contribution is -2.22. The van der Waals surface area contributed by atoms with Crippen LogP contribution in [0, 0.1) is 0 Å². The van der Waals surface area contributed by atoms with Gasteiger partial charge in [-0.2, -0.15) is 0 Å². The maximum absolute atomic E-state index is 12.0. The molecule has 0 heterocycles. The monoisotopic (exact) mass is 541 g/mol. The SMILES string of the molecule is CCCCCCCCCCCCCCCCCC(=O)OCCCN(C)CCCCCCCCCCCC.N. The number of carbonyl (C=O) groups excluding carboxylic acids is 1. The Hall–Kier alpha value is -0.610. The number of esters is 1. The molecule has 4 nitrogen and oxygen atoms in total. The van der Waals surface area contributed by atoms with E-state index < -0.39 is 0 Å². The van der Waals surface area contributed by atoms with Crippen LogP contribution in [-0.4, -0.2) is 37.6 Å². The Morgan fingerprint density at radius 3 is 1.18 bits per heavy atom. The van der Waals surface area contributed by atoms with Gasteiger partial charge in [0.15, 0.2) is 0 Å². The number of hydrogen-bond donors (Lipinski definition) is 1. The predicted octanol–water partition coefficient (Wildman–Crippen LogP) is 11.2. The topological polar surface area (TPSA) is 64.5 Å². The molecule has 0 fully saturated rings. The highest BCUT2D eigenvalue weighted by atomic mass is 16.5. The third-order valence-corrected chi connectivity index (χ3v) is 7.83. The molecule has 0 aromatic carbocycles. The van der Waals surface area contributed by atoms with Gasteiger partial charge in [-0.25, -0.2) is 0 Å². The summed E-state index contributed by atoms with van der Waals surface area (Å²) < 4.78 is 5.45. The van der Waals surface area contributed by atoms with E-state index in [9.17, 15) is 4.79 Å². The molecular weight excluding hydrogens is 468 g/mol. The van der Waals surface area contributed by atoms with Crippen molar-refractivity contribution in [2.75, 3.05) is 26.7 Å². The van der Waals surface area contributed by atoms with Crippen molar-refractivity contribution in [2.45, 2.75) is 187 Å². The van der Waals surface area contributed by atoms with Gasteiger partial charge in [0.1, 0.15) is 0 Å². The fourth-order valence-corrected chi connectivity index (χ4v) is 5.21. The maximum atomic E-state index is 12.0. The Kier molecular flexibility index (Phi) is 35.8. The molecule has 0 aromatic heterocycles. The van der Waals surface area contributed by atoms with E-state index in [4.69, 9.17) is 4.74 Å². The third-order valence-electron chi connectivity index (χ3n) is 7.83. The van der Waals surface area contributed by atoms with E-state index in [2.05, 4.69) is 25.8 Å². The zero-order valence-corrected chi connectivity index (χ0v) is 26.7. The van der Waals surface area contributed by atoms with Crippen molar-refractivity contribution in [3.63, 3.8) is 0 Å². The first kappa shape index (κ1) is 39.5. The van der Waals surface area contributed by atoms with E-state index in [1.54, 1.807) is 0 Å². The molecule has 3 N–H and O–H groups in total. The molecule has 0 amide bonds. The van der Waals surface area contributed by atoms with Crippen LogP contribution < -0.4 is 6.15 Å². The van der Waals surface area contributed by atoms with E-state index in [0.29, 0.717) is 13.0 Å². The number of ether oxygens (including phenoxy) is 1. The molecule has 0 bridgehead atoms. The minimum Gasteiger partial charge on any atom is -0.466 e. The first-order valence-corrected chi connectivity index (χ1v) is 17.0. The molecule has 0 rings (SSSR count). The Morgan fingerprint density at radius 1 is 0.474 bits per heavy atom. The van der Waals surface area contributed by atoms with Crippen molar-refractivity contribution >= 4 is 5.97 Å². The van der Waals surface area contributed by atoms with Crippen LogP contribution in [-0.2, 0) is 9.53 Å². The standard InChI is InChI=1S/C34H69NO2.H3N/c1-4-6-8-10-12-14-16-17-18-19-20-21-23-25-27-30-34(36)37-33-29-32-35(3)31-28-26-24-22-15-13-11-9-7-5-2;/h4-33H2,1-3H3;1H3. The van der Waals surface area contributed by atoms with Gasteiger partial charge in [-0.15, -0.1) is 0 Å². The summed E-state index contributed by atoms with van der Waals surface area (Å²) in [5.41, 5.74) is 0. The molecule has 0 spiro atoms. The molecular formula is C34H72N2O2. The van der Waals surface area contributed by atoms with Gasteiger partial charge in [0.25, 0.3) is 0 Å². The summed E-state index contributed by atoms with van der Waals surface area (Å²) in [4.78, 5) is 14.4. The molecule has 0 saturated heterocycles. The van der Waals surface area contributed by atoms with E-state index >= 15 is 0 Å². The van der Waals surface area contributed by atoms with Gasteiger partial charge < -0.3 is 15.8 Å². The van der Waals surface area contributed by atoms with Crippen LogP contribution in [0.15, 0.2) is 0 Å². The highest BCUT2D eigenvalue weighted by Gasteiger charge is 2.04. The van der Waals surface area contributed by atoms with Gasteiger partial charge in [-0.05, 0) is 32.9 Å². The molecule has 0 saturated carbocycles. The number of hydrogen-bond acceptors (Lipinski definition) is 4. The van der Waals surface area contributed by atoms with Crippen molar-refractivity contribution < 1.29 is 9.53 Å². The van der Waals surface area contributed by atoms with Crippen molar-refractivity contribution in [1.82, 2.24) is 11.1 Å². The zero-order chi connectivity index (χ0) is 27.1. The summed E-state index contributed by atoms with van der Waals surface area (Å²) in [5, 5.41) is 0. The first-order chi connectivity index (χ1) is 18.2. The zero-order valence-electron chi connectivity index (χ0n) is 26.7. The number of unbranched alkanes of at least 4 members (excludes halogenated alkanes) is 23. The van der Waals surface area contributed by atoms with Crippen LogP contribution in [0.1, 0.15) is 187 Å². The van der Waals surface area contributed by atoms with Crippen LogP contribution in [0.25, 0.3) is 0 Å².